The Morgan fingerprint density at radius 2 is 1.95 bits per heavy atom. The lowest BCUT2D eigenvalue weighted by atomic mass is 9.93. The molecule has 108 valence electrons. The smallest absolute Gasteiger partial charge is 0.342 e. The maximum Gasteiger partial charge on any atom is 0.342 e. The summed E-state index contributed by atoms with van der Waals surface area (Å²) in [6, 6.07) is 10.7. The topological polar surface area (TPSA) is 46.5 Å². The van der Waals surface area contributed by atoms with Crippen LogP contribution in [0.25, 0.3) is 0 Å². The fourth-order valence-corrected chi connectivity index (χ4v) is 2.58. The summed E-state index contributed by atoms with van der Waals surface area (Å²) in [4.78, 5) is 12.0. The van der Waals surface area contributed by atoms with E-state index < -0.39 is 23.6 Å². The van der Waals surface area contributed by atoms with Gasteiger partial charge in [-0.25, -0.2) is 9.18 Å². The Labute approximate surface area is 122 Å². The Kier molecular flexibility index (Phi) is 3.37. The van der Waals surface area contributed by atoms with Crippen LogP contribution < -0.4 is 0 Å². The first-order valence-electron chi connectivity index (χ1n) is 6.90. The van der Waals surface area contributed by atoms with Gasteiger partial charge in [0.15, 0.2) is 11.6 Å². The number of esters is 1. The largest absolute Gasteiger partial charge is 0.505 e. The molecule has 1 heterocycles. The van der Waals surface area contributed by atoms with Crippen molar-refractivity contribution < 1.29 is 19.0 Å². The molecule has 21 heavy (non-hydrogen) atoms. The average molecular weight is 286 g/mol. The Hall–Kier alpha value is -2.36. The van der Waals surface area contributed by atoms with Crippen molar-refractivity contribution in [1.82, 2.24) is 0 Å². The number of aryl methyl sites for hydroxylation is 1. The maximum absolute atomic E-state index is 13.8. The third-order valence-corrected chi connectivity index (χ3v) is 3.83. The molecule has 0 bridgehead atoms. The molecule has 1 aliphatic heterocycles. The third kappa shape index (κ3) is 2.37. The van der Waals surface area contributed by atoms with E-state index in [0.717, 1.165) is 12.0 Å². The number of rotatable bonds is 2. The van der Waals surface area contributed by atoms with Crippen molar-refractivity contribution in [3.63, 3.8) is 0 Å². The van der Waals surface area contributed by atoms with Gasteiger partial charge in [0.1, 0.15) is 11.7 Å². The van der Waals surface area contributed by atoms with Crippen LogP contribution in [0.3, 0.4) is 0 Å². The van der Waals surface area contributed by atoms with Crippen LogP contribution >= 0.6 is 0 Å². The van der Waals surface area contributed by atoms with E-state index in [1.165, 1.54) is 11.6 Å². The maximum atomic E-state index is 13.8. The molecule has 1 unspecified atom stereocenters. The number of phenols is 1. The standard InChI is InChI=1S/C17H15FO3/c1-2-10-3-5-11(6-4-10)14-9-12-7-8-13(19)16(18)15(12)17(20)21-14/h3-8,14,19H,2,9H2,1H3. The molecule has 3 nitrogen and oxygen atoms in total. The van der Waals surface area contributed by atoms with Crippen LogP contribution in [-0.2, 0) is 17.6 Å². The van der Waals surface area contributed by atoms with Gasteiger partial charge >= 0.3 is 5.97 Å². The molecule has 0 aromatic heterocycles. The lowest BCUT2D eigenvalue weighted by Crippen LogP contribution is -2.23. The number of fused-ring (bicyclic) bond motifs is 1. The normalized spacial score (nSPS) is 17.2. The Morgan fingerprint density at radius 1 is 1.24 bits per heavy atom. The molecule has 0 radical (unpaired) electrons. The molecular weight excluding hydrogens is 271 g/mol. The van der Waals surface area contributed by atoms with Gasteiger partial charge in [-0.05, 0) is 29.2 Å². The second kappa shape index (κ2) is 5.20. The van der Waals surface area contributed by atoms with Crippen LogP contribution in [0, 0.1) is 5.82 Å². The Bertz CT molecular complexity index is 692. The number of hydrogen-bond donors (Lipinski definition) is 1. The molecule has 1 atom stereocenters. The zero-order valence-corrected chi connectivity index (χ0v) is 11.6. The fraction of sp³-hybridized carbons (Fsp3) is 0.235. The van der Waals surface area contributed by atoms with Crippen molar-refractivity contribution in [3.8, 4) is 5.75 Å². The predicted molar refractivity (Wildman–Crippen MR) is 75.7 cm³/mol. The number of phenolic OH excluding ortho intramolecular Hbond substituents is 1. The molecule has 1 aliphatic rings. The number of halogens is 1. The molecule has 2 aromatic carbocycles. The first kappa shape index (κ1) is 13.6. The van der Waals surface area contributed by atoms with E-state index in [4.69, 9.17) is 4.74 Å². The van der Waals surface area contributed by atoms with Crippen molar-refractivity contribution in [2.45, 2.75) is 25.9 Å². The van der Waals surface area contributed by atoms with E-state index in [2.05, 4.69) is 6.92 Å². The van der Waals surface area contributed by atoms with Gasteiger partial charge < -0.3 is 9.84 Å². The minimum absolute atomic E-state index is 0.156. The van der Waals surface area contributed by atoms with Gasteiger partial charge in [-0.2, -0.15) is 0 Å². The number of hydrogen-bond acceptors (Lipinski definition) is 3. The SMILES string of the molecule is CCc1ccc(C2Cc3ccc(O)c(F)c3C(=O)O2)cc1. The summed E-state index contributed by atoms with van der Waals surface area (Å²) in [6.07, 6.45) is 0.932. The summed E-state index contributed by atoms with van der Waals surface area (Å²) in [5.74, 6) is -2.16. The zero-order chi connectivity index (χ0) is 15.0. The second-order valence-corrected chi connectivity index (χ2v) is 5.13. The molecule has 2 aromatic rings. The summed E-state index contributed by atoms with van der Waals surface area (Å²) < 4.78 is 19.1. The first-order valence-corrected chi connectivity index (χ1v) is 6.90. The molecule has 0 saturated heterocycles. The van der Waals surface area contributed by atoms with Gasteiger partial charge in [0.05, 0.1) is 0 Å². The van der Waals surface area contributed by atoms with Crippen LogP contribution in [0.5, 0.6) is 5.75 Å². The highest BCUT2D eigenvalue weighted by molar-refractivity contribution is 5.93. The van der Waals surface area contributed by atoms with Gasteiger partial charge in [-0.15, -0.1) is 0 Å². The molecular formula is C17H15FO3. The van der Waals surface area contributed by atoms with Gasteiger partial charge in [0.25, 0.3) is 0 Å². The molecule has 3 rings (SSSR count). The number of cyclic esters (lactones) is 1. The summed E-state index contributed by atoms with van der Waals surface area (Å²) in [5.41, 5.74) is 2.50. The zero-order valence-electron chi connectivity index (χ0n) is 11.6. The molecule has 0 aliphatic carbocycles. The monoisotopic (exact) mass is 286 g/mol. The average Bonchev–Trinajstić information content (AvgIpc) is 2.50. The van der Waals surface area contributed by atoms with Crippen LogP contribution in [0.2, 0.25) is 0 Å². The van der Waals surface area contributed by atoms with Gasteiger partial charge in [-0.3, -0.25) is 0 Å². The van der Waals surface area contributed by atoms with Crippen LogP contribution in [-0.4, -0.2) is 11.1 Å². The lowest BCUT2D eigenvalue weighted by Gasteiger charge is -2.25. The first-order chi connectivity index (χ1) is 10.1. The third-order valence-electron chi connectivity index (χ3n) is 3.83. The van der Waals surface area contributed by atoms with Crippen molar-refractivity contribution in [1.29, 1.82) is 0 Å². The predicted octanol–water partition coefficient (Wildman–Crippen LogP) is 3.55. The van der Waals surface area contributed by atoms with Crippen molar-refractivity contribution >= 4 is 5.97 Å². The molecule has 4 heteroatoms. The summed E-state index contributed by atoms with van der Waals surface area (Å²) in [6.45, 7) is 2.07. The lowest BCUT2D eigenvalue weighted by molar-refractivity contribution is 0.0244. The van der Waals surface area contributed by atoms with E-state index in [1.807, 2.05) is 24.3 Å². The van der Waals surface area contributed by atoms with Gasteiger partial charge in [-0.1, -0.05) is 37.3 Å². The Balaban J connectivity index is 1.94. The van der Waals surface area contributed by atoms with E-state index in [-0.39, 0.29) is 5.56 Å². The fourth-order valence-electron chi connectivity index (χ4n) is 2.58. The number of carbonyl (C=O) groups excluding carboxylic acids is 1. The summed E-state index contributed by atoms with van der Waals surface area (Å²) in [5, 5.41) is 9.35. The minimum Gasteiger partial charge on any atom is -0.505 e. The van der Waals surface area contributed by atoms with E-state index in [9.17, 15) is 14.3 Å². The van der Waals surface area contributed by atoms with Gasteiger partial charge in [0, 0.05) is 6.42 Å². The van der Waals surface area contributed by atoms with Crippen molar-refractivity contribution in [2.75, 3.05) is 0 Å². The van der Waals surface area contributed by atoms with Crippen molar-refractivity contribution in [3.05, 3.63) is 64.5 Å². The number of carbonyl (C=O) groups is 1. The molecule has 0 amide bonds. The summed E-state index contributed by atoms with van der Waals surface area (Å²) >= 11 is 0. The van der Waals surface area contributed by atoms with Crippen LogP contribution in [0.4, 0.5) is 4.39 Å². The molecule has 0 spiro atoms. The highest BCUT2D eigenvalue weighted by Gasteiger charge is 2.31. The van der Waals surface area contributed by atoms with E-state index >= 15 is 0 Å². The number of benzene rings is 2. The van der Waals surface area contributed by atoms with Crippen LogP contribution in [0.15, 0.2) is 36.4 Å². The molecule has 0 saturated carbocycles. The Morgan fingerprint density at radius 3 is 2.62 bits per heavy atom. The van der Waals surface area contributed by atoms with Crippen molar-refractivity contribution in [2.24, 2.45) is 0 Å². The minimum atomic E-state index is -0.905. The van der Waals surface area contributed by atoms with Gasteiger partial charge in [0.2, 0.25) is 0 Å². The van der Waals surface area contributed by atoms with E-state index in [1.54, 1.807) is 6.07 Å². The summed E-state index contributed by atoms with van der Waals surface area (Å²) in [7, 11) is 0. The highest BCUT2D eigenvalue weighted by atomic mass is 19.1. The quantitative estimate of drug-likeness (QED) is 0.859. The number of ether oxygens (including phenoxy) is 1. The second-order valence-electron chi connectivity index (χ2n) is 5.13. The molecule has 1 N–H and O–H groups in total. The number of aromatic hydroxyl groups is 1. The van der Waals surface area contributed by atoms with Crippen LogP contribution in [0.1, 0.15) is 40.1 Å². The van der Waals surface area contributed by atoms with E-state index in [0.29, 0.717) is 12.0 Å². The highest BCUT2D eigenvalue weighted by Crippen LogP contribution is 2.34. The molecule has 0 fully saturated rings.